The van der Waals surface area contributed by atoms with Crippen molar-refractivity contribution in [3.05, 3.63) is 60.0 Å². The summed E-state index contributed by atoms with van der Waals surface area (Å²) in [6, 6.07) is 12.7. The van der Waals surface area contributed by atoms with E-state index in [0.29, 0.717) is 11.8 Å². The summed E-state index contributed by atoms with van der Waals surface area (Å²) >= 11 is 0. The number of nitrogens with zero attached hydrogens (tertiary/aromatic N) is 2. The average molecular weight is 345 g/mol. The summed E-state index contributed by atoms with van der Waals surface area (Å²) in [5.41, 5.74) is 5.16. The molecule has 4 heteroatoms. The summed E-state index contributed by atoms with van der Waals surface area (Å²) in [5.74, 6) is 1.79. The van der Waals surface area contributed by atoms with Gasteiger partial charge in [0.25, 0.3) is 12.2 Å². The van der Waals surface area contributed by atoms with Crippen molar-refractivity contribution < 1.29 is 21.7 Å². The van der Waals surface area contributed by atoms with Crippen molar-refractivity contribution in [3.63, 3.8) is 0 Å². The Morgan fingerprint density at radius 1 is 0.917 bits per heavy atom. The summed E-state index contributed by atoms with van der Waals surface area (Å²) in [6.07, 6.45) is 4.29. The molecule has 1 aromatic carbocycles. The van der Waals surface area contributed by atoms with Crippen molar-refractivity contribution in [2.45, 2.75) is 39.5 Å². The number of fused-ring (bicyclic) bond motifs is 1. The second-order valence-electron chi connectivity index (χ2n) is 6.61. The number of halogens is 1. The molecule has 0 bridgehead atoms. The minimum Gasteiger partial charge on any atom is -1.00 e. The Morgan fingerprint density at radius 2 is 1.50 bits per heavy atom. The van der Waals surface area contributed by atoms with Gasteiger partial charge >= 0.3 is 0 Å². The second kappa shape index (κ2) is 7.27. The Bertz CT molecular complexity index is 811. The van der Waals surface area contributed by atoms with Crippen LogP contribution in [0.15, 0.2) is 48.9 Å². The smallest absolute Gasteiger partial charge is 0.288 e. The van der Waals surface area contributed by atoms with Gasteiger partial charge in [0.15, 0.2) is 5.52 Å². The number of hydrogen-bond donors (Lipinski definition) is 0. The number of ether oxygens (including phenoxy) is 1. The molecular weight excluding hydrogens is 320 g/mol. The van der Waals surface area contributed by atoms with E-state index in [1.54, 1.807) is 7.11 Å². The van der Waals surface area contributed by atoms with Gasteiger partial charge in [0, 0.05) is 17.2 Å². The molecule has 0 N–H and O–H groups in total. The van der Waals surface area contributed by atoms with Gasteiger partial charge in [0.2, 0.25) is 0 Å². The number of para-hydroxylation sites is 1. The Kier molecular flexibility index (Phi) is 5.55. The van der Waals surface area contributed by atoms with Crippen LogP contribution in [-0.2, 0) is 0 Å². The maximum Gasteiger partial charge on any atom is 0.288 e. The molecule has 0 spiro atoms. The Hall–Kier alpha value is -2.00. The van der Waals surface area contributed by atoms with E-state index in [1.807, 2.05) is 12.1 Å². The van der Waals surface area contributed by atoms with Crippen LogP contribution in [0.3, 0.4) is 0 Å². The molecule has 128 valence electrons. The van der Waals surface area contributed by atoms with Gasteiger partial charge in [-0.2, -0.15) is 4.40 Å². The second-order valence-corrected chi connectivity index (χ2v) is 6.61. The highest BCUT2D eigenvalue weighted by Crippen LogP contribution is 2.28. The lowest BCUT2D eigenvalue weighted by atomic mass is 9.92. The Labute approximate surface area is 150 Å². The van der Waals surface area contributed by atoms with Crippen LogP contribution in [0.2, 0.25) is 0 Å². The number of pyridine rings is 1. The van der Waals surface area contributed by atoms with Crippen LogP contribution >= 0.6 is 0 Å². The van der Waals surface area contributed by atoms with Gasteiger partial charge in [0.05, 0.1) is 7.11 Å². The van der Waals surface area contributed by atoms with Crippen LogP contribution < -0.4 is 21.7 Å². The van der Waals surface area contributed by atoms with Crippen LogP contribution in [0.1, 0.15) is 50.7 Å². The van der Waals surface area contributed by atoms with Gasteiger partial charge in [-0.3, -0.25) is 0 Å². The summed E-state index contributed by atoms with van der Waals surface area (Å²) < 4.78 is 9.80. The third-order valence-corrected chi connectivity index (χ3v) is 4.34. The Balaban J connectivity index is 0.00000208. The van der Waals surface area contributed by atoms with Gasteiger partial charge in [-0.15, -0.1) is 0 Å². The standard InChI is InChI=1S/C20H25N2O.ClH/c1-14(2)17-9-7-10-18(15(3)4)20(17)21-12-16-8-6-11-19(23-5)22(16)13-21;/h6-15H,1-5H3;1H/q+1;/p-1. The summed E-state index contributed by atoms with van der Waals surface area (Å²) in [4.78, 5) is 0. The molecule has 24 heavy (non-hydrogen) atoms. The summed E-state index contributed by atoms with van der Waals surface area (Å²) in [7, 11) is 1.71. The SMILES string of the molecule is COc1cccc2c[n+](-c3c(C(C)C)cccc3C(C)C)cn12.[Cl-]. The van der Waals surface area contributed by atoms with E-state index in [2.05, 4.69) is 73.5 Å². The highest BCUT2D eigenvalue weighted by Gasteiger charge is 2.21. The predicted molar refractivity (Wildman–Crippen MR) is 93.7 cm³/mol. The van der Waals surface area contributed by atoms with E-state index in [4.69, 9.17) is 4.74 Å². The number of methoxy groups -OCH3 is 1. The van der Waals surface area contributed by atoms with Crippen molar-refractivity contribution in [2.75, 3.05) is 7.11 Å². The molecule has 0 unspecified atom stereocenters. The highest BCUT2D eigenvalue weighted by atomic mass is 35.5. The lowest BCUT2D eigenvalue weighted by molar-refractivity contribution is -0.595. The zero-order valence-electron chi connectivity index (χ0n) is 15.0. The van der Waals surface area contributed by atoms with Crippen LogP contribution in [0.4, 0.5) is 0 Å². The van der Waals surface area contributed by atoms with E-state index in [-0.39, 0.29) is 12.4 Å². The molecule has 0 amide bonds. The molecule has 0 aliphatic carbocycles. The van der Waals surface area contributed by atoms with Crippen LogP contribution in [0, 0.1) is 0 Å². The Morgan fingerprint density at radius 3 is 2.04 bits per heavy atom. The predicted octanol–water partition coefficient (Wildman–Crippen LogP) is 1.48. The normalized spacial score (nSPS) is 11.1. The molecule has 0 radical (unpaired) electrons. The average Bonchev–Trinajstić information content (AvgIpc) is 2.97. The third-order valence-electron chi connectivity index (χ3n) is 4.34. The minimum atomic E-state index is 0. The van der Waals surface area contributed by atoms with E-state index in [9.17, 15) is 0 Å². The molecule has 2 heterocycles. The maximum atomic E-state index is 5.48. The van der Waals surface area contributed by atoms with Crippen molar-refractivity contribution in [2.24, 2.45) is 0 Å². The van der Waals surface area contributed by atoms with E-state index in [1.165, 1.54) is 16.8 Å². The third kappa shape index (κ3) is 3.13. The first-order chi connectivity index (χ1) is 11.0. The van der Waals surface area contributed by atoms with Gasteiger partial charge in [-0.1, -0.05) is 52.0 Å². The number of hydrogen-bond acceptors (Lipinski definition) is 1. The fourth-order valence-corrected chi connectivity index (χ4v) is 3.14. The van der Waals surface area contributed by atoms with Crippen LogP contribution in [-0.4, -0.2) is 11.5 Å². The van der Waals surface area contributed by atoms with E-state index >= 15 is 0 Å². The first-order valence-electron chi connectivity index (χ1n) is 8.22. The van der Waals surface area contributed by atoms with Crippen molar-refractivity contribution in [1.82, 2.24) is 4.40 Å². The van der Waals surface area contributed by atoms with Gasteiger partial charge in [-0.25, -0.2) is 4.57 Å². The molecule has 0 saturated heterocycles. The quantitative estimate of drug-likeness (QED) is 0.655. The molecular formula is C20H25ClN2O. The molecule has 0 aliphatic rings. The van der Waals surface area contributed by atoms with Crippen LogP contribution in [0.25, 0.3) is 11.2 Å². The molecule has 2 aromatic heterocycles. The largest absolute Gasteiger partial charge is 1.00 e. The summed E-state index contributed by atoms with van der Waals surface area (Å²) in [6.45, 7) is 9.00. The lowest BCUT2D eigenvalue weighted by Crippen LogP contribution is -3.00. The number of benzene rings is 1. The van der Waals surface area contributed by atoms with E-state index < -0.39 is 0 Å². The monoisotopic (exact) mass is 344 g/mol. The van der Waals surface area contributed by atoms with Gasteiger partial charge < -0.3 is 17.1 Å². The first-order valence-corrected chi connectivity index (χ1v) is 8.22. The van der Waals surface area contributed by atoms with Crippen molar-refractivity contribution in [3.8, 4) is 11.6 Å². The van der Waals surface area contributed by atoms with Gasteiger partial charge in [0.1, 0.15) is 11.9 Å². The topological polar surface area (TPSA) is 17.5 Å². The van der Waals surface area contributed by atoms with Crippen molar-refractivity contribution in [1.29, 1.82) is 0 Å². The molecule has 3 rings (SSSR count). The van der Waals surface area contributed by atoms with Gasteiger partial charge in [-0.05, 0) is 17.9 Å². The molecule has 0 saturated carbocycles. The maximum absolute atomic E-state index is 5.48. The molecule has 3 nitrogen and oxygen atoms in total. The highest BCUT2D eigenvalue weighted by molar-refractivity contribution is 5.49. The zero-order valence-corrected chi connectivity index (χ0v) is 15.7. The first kappa shape index (κ1) is 18.3. The molecule has 0 atom stereocenters. The summed E-state index contributed by atoms with van der Waals surface area (Å²) in [5, 5.41) is 0. The minimum absolute atomic E-state index is 0. The molecule has 0 aliphatic heterocycles. The number of rotatable bonds is 4. The fourth-order valence-electron chi connectivity index (χ4n) is 3.14. The number of imidazole rings is 1. The number of aromatic nitrogens is 2. The lowest BCUT2D eigenvalue weighted by Gasteiger charge is -2.16. The molecule has 3 aromatic rings. The zero-order chi connectivity index (χ0) is 16.6. The van der Waals surface area contributed by atoms with Crippen LogP contribution in [0.5, 0.6) is 5.88 Å². The fraction of sp³-hybridized carbons (Fsp3) is 0.350. The van der Waals surface area contributed by atoms with Crippen molar-refractivity contribution >= 4 is 5.52 Å². The van der Waals surface area contributed by atoms with E-state index in [0.717, 1.165) is 11.4 Å². The molecule has 0 fully saturated rings.